The summed E-state index contributed by atoms with van der Waals surface area (Å²) in [7, 11) is 0. The largest absolute Gasteiger partial charge is 0.355 e. The minimum atomic E-state index is -1.33. The van der Waals surface area contributed by atoms with E-state index in [1.54, 1.807) is 13.8 Å². The first kappa shape index (κ1) is 29.2. The van der Waals surface area contributed by atoms with Crippen LogP contribution < -0.4 is 10.6 Å². The van der Waals surface area contributed by atoms with Gasteiger partial charge in [0.2, 0.25) is 0 Å². The van der Waals surface area contributed by atoms with Crippen LogP contribution in [0.5, 0.6) is 0 Å². The first-order chi connectivity index (χ1) is 17.8. The van der Waals surface area contributed by atoms with Crippen LogP contribution in [0.1, 0.15) is 52.7 Å². The number of aliphatic imine (C=N–C) groups is 2. The van der Waals surface area contributed by atoms with E-state index in [0.29, 0.717) is 0 Å². The van der Waals surface area contributed by atoms with Crippen molar-refractivity contribution in [3.63, 3.8) is 0 Å². The molecule has 2 atom stereocenters. The Balaban J connectivity index is 1.85. The predicted octanol–water partition coefficient (Wildman–Crippen LogP) is 3.88. The molecule has 3 rings (SSSR count). The molecular formula is C30H40N4O4. The molecule has 0 saturated carbocycles. The van der Waals surface area contributed by atoms with E-state index >= 15 is 0 Å². The number of nitrogens with zero attached hydrogens (tertiary/aromatic N) is 2. The summed E-state index contributed by atoms with van der Waals surface area (Å²) in [6.07, 6.45) is 3.05. The number of benzene rings is 2. The summed E-state index contributed by atoms with van der Waals surface area (Å²) in [5.41, 5.74) is -2.21. The van der Waals surface area contributed by atoms with Gasteiger partial charge < -0.3 is 20.1 Å². The van der Waals surface area contributed by atoms with E-state index in [2.05, 4.69) is 20.6 Å². The lowest BCUT2D eigenvalue weighted by Gasteiger charge is -2.34. The maximum atomic E-state index is 13.5. The highest BCUT2D eigenvalue weighted by molar-refractivity contribution is 6.03. The second kappa shape index (κ2) is 12.0. The Hall–Kier alpha value is -3.36. The zero-order valence-corrected chi connectivity index (χ0v) is 23.3. The average molecular weight is 521 g/mol. The molecule has 0 spiro atoms. The van der Waals surface area contributed by atoms with Gasteiger partial charge in [-0.05, 0) is 52.7 Å². The molecule has 1 aliphatic rings. The third-order valence-corrected chi connectivity index (χ3v) is 6.22. The fourth-order valence-corrected chi connectivity index (χ4v) is 3.78. The first-order valence-corrected chi connectivity index (χ1v) is 12.9. The van der Waals surface area contributed by atoms with Crippen LogP contribution in [0, 0.1) is 0 Å². The Morgan fingerprint density at radius 1 is 0.632 bits per heavy atom. The third kappa shape index (κ3) is 8.33. The highest BCUT2D eigenvalue weighted by Gasteiger charge is 2.39. The lowest BCUT2D eigenvalue weighted by Crippen LogP contribution is -2.58. The van der Waals surface area contributed by atoms with Crippen molar-refractivity contribution in [1.29, 1.82) is 0 Å². The summed E-state index contributed by atoms with van der Waals surface area (Å²) in [6, 6.07) is 19.3. The zero-order chi connectivity index (χ0) is 27.9. The van der Waals surface area contributed by atoms with Gasteiger partial charge in [0.05, 0.1) is 37.4 Å². The quantitative estimate of drug-likeness (QED) is 0.604. The van der Waals surface area contributed by atoms with Gasteiger partial charge in [0.1, 0.15) is 0 Å². The number of ether oxygens (including phenoxy) is 2. The number of carbonyl (C=O) groups is 2. The molecule has 8 heteroatoms. The van der Waals surface area contributed by atoms with Crippen molar-refractivity contribution in [2.24, 2.45) is 9.98 Å². The van der Waals surface area contributed by atoms with Crippen LogP contribution in [0.3, 0.4) is 0 Å². The highest BCUT2D eigenvalue weighted by Crippen LogP contribution is 2.19. The monoisotopic (exact) mass is 520 g/mol. The number of carbonyl (C=O) groups excluding carboxylic acids is 2. The van der Waals surface area contributed by atoms with Crippen LogP contribution in [0.15, 0.2) is 70.6 Å². The first-order valence-electron chi connectivity index (χ1n) is 12.9. The molecule has 0 aliphatic carbocycles. The van der Waals surface area contributed by atoms with E-state index in [9.17, 15) is 9.59 Å². The van der Waals surface area contributed by atoms with E-state index in [4.69, 9.17) is 9.47 Å². The number of amides is 2. The molecule has 2 amide bonds. The Morgan fingerprint density at radius 2 is 0.974 bits per heavy atom. The van der Waals surface area contributed by atoms with Gasteiger partial charge in [-0.3, -0.25) is 19.6 Å². The summed E-state index contributed by atoms with van der Waals surface area (Å²) < 4.78 is 12.2. The maximum absolute atomic E-state index is 13.5. The van der Waals surface area contributed by atoms with Gasteiger partial charge in [0.25, 0.3) is 11.8 Å². The summed E-state index contributed by atoms with van der Waals surface area (Å²) >= 11 is 0. The van der Waals surface area contributed by atoms with Crippen LogP contribution in [0.4, 0.5) is 0 Å². The van der Waals surface area contributed by atoms with Crippen molar-refractivity contribution < 1.29 is 19.1 Å². The number of rotatable bonds is 6. The second-order valence-corrected chi connectivity index (χ2v) is 11.4. The smallest absolute Gasteiger partial charge is 0.258 e. The molecule has 2 N–H and O–H groups in total. The van der Waals surface area contributed by atoms with Gasteiger partial charge in [0, 0.05) is 12.4 Å². The van der Waals surface area contributed by atoms with Gasteiger partial charge >= 0.3 is 0 Å². The van der Waals surface area contributed by atoms with Gasteiger partial charge in [-0.15, -0.1) is 0 Å². The molecule has 8 nitrogen and oxygen atoms in total. The van der Waals surface area contributed by atoms with E-state index in [-0.39, 0.29) is 38.1 Å². The maximum Gasteiger partial charge on any atom is 0.258 e. The molecule has 0 aromatic heterocycles. The molecule has 0 fully saturated rings. The zero-order valence-electron chi connectivity index (χ0n) is 23.3. The molecule has 0 radical (unpaired) electrons. The van der Waals surface area contributed by atoms with E-state index in [1.165, 1.54) is 12.4 Å². The summed E-state index contributed by atoms with van der Waals surface area (Å²) in [6.45, 7) is 11.8. The lowest BCUT2D eigenvalue weighted by atomic mass is 9.99. The normalized spacial score (nSPS) is 25.7. The van der Waals surface area contributed by atoms with Crippen molar-refractivity contribution in [2.45, 2.75) is 77.0 Å². The summed E-state index contributed by atoms with van der Waals surface area (Å²) in [5.74, 6) is -0.640. The molecule has 204 valence electrons. The SMILES string of the molecule is CC1(C)CN=C[C@](C)(OCc2ccccc2)C(=O)NC(C)(C)CN=C[C@@](C)(OCc2ccccc2)C(=O)N1. The Morgan fingerprint density at radius 3 is 1.32 bits per heavy atom. The van der Waals surface area contributed by atoms with E-state index in [0.717, 1.165) is 11.1 Å². The van der Waals surface area contributed by atoms with Crippen molar-refractivity contribution in [2.75, 3.05) is 13.1 Å². The molecule has 38 heavy (non-hydrogen) atoms. The van der Waals surface area contributed by atoms with Crippen LogP contribution in [-0.4, -0.2) is 59.6 Å². The minimum Gasteiger partial charge on any atom is -0.355 e. The fraction of sp³-hybridized carbons (Fsp3) is 0.467. The molecule has 0 saturated heterocycles. The van der Waals surface area contributed by atoms with Gasteiger partial charge in [0.15, 0.2) is 11.2 Å². The topological polar surface area (TPSA) is 101 Å². The molecule has 2 aromatic rings. The number of hydrogen-bond acceptors (Lipinski definition) is 6. The van der Waals surface area contributed by atoms with Crippen LogP contribution in [0.25, 0.3) is 0 Å². The Labute approximate surface area is 225 Å². The van der Waals surface area contributed by atoms with Crippen LogP contribution >= 0.6 is 0 Å². The molecular weight excluding hydrogens is 480 g/mol. The summed E-state index contributed by atoms with van der Waals surface area (Å²) in [5, 5.41) is 6.09. The Bertz CT molecular complexity index is 1060. The lowest BCUT2D eigenvalue weighted by molar-refractivity contribution is -0.140. The van der Waals surface area contributed by atoms with Crippen LogP contribution in [-0.2, 0) is 32.3 Å². The molecule has 2 aromatic carbocycles. The third-order valence-electron chi connectivity index (χ3n) is 6.22. The molecule has 0 unspecified atom stereocenters. The fourth-order valence-electron chi connectivity index (χ4n) is 3.78. The highest BCUT2D eigenvalue weighted by atomic mass is 16.5. The minimum absolute atomic E-state index is 0.228. The number of nitrogens with one attached hydrogen (secondary N) is 2. The van der Waals surface area contributed by atoms with Crippen molar-refractivity contribution in [3.8, 4) is 0 Å². The van der Waals surface area contributed by atoms with Gasteiger partial charge in [-0.25, -0.2) is 0 Å². The van der Waals surface area contributed by atoms with Crippen molar-refractivity contribution in [3.05, 3.63) is 71.8 Å². The Kier molecular flexibility index (Phi) is 9.22. The standard InChI is InChI=1S/C30H40N4O4/c1-27(2)19-31-21-30(6,38-18-24-15-11-8-12-16-24)26(36)34-28(3,4)20-32-22-29(5,25(35)33-27)37-17-23-13-9-7-10-14-23/h7-16,21-22H,17-20H2,1-6H3,(H,33,35)(H,34,36)/t29-,30+. The predicted molar refractivity (Wildman–Crippen MR) is 150 cm³/mol. The average Bonchev–Trinajstić information content (AvgIpc) is 2.86. The number of hydrogen-bond donors (Lipinski definition) is 2. The summed E-state index contributed by atoms with van der Waals surface area (Å²) in [4.78, 5) is 36.0. The van der Waals surface area contributed by atoms with E-state index < -0.39 is 22.3 Å². The molecule has 1 aliphatic heterocycles. The molecule has 0 bridgehead atoms. The second-order valence-electron chi connectivity index (χ2n) is 11.4. The van der Waals surface area contributed by atoms with Gasteiger partial charge in [-0.1, -0.05) is 60.7 Å². The van der Waals surface area contributed by atoms with Crippen LogP contribution in [0.2, 0.25) is 0 Å². The molecule has 1 heterocycles. The van der Waals surface area contributed by atoms with Gasteiger partial charge in [-0.2, -0.15) is 0 Å². The van der Waals surface area contributed by atoms with E-state index in [1.807, 2.05) is 88.4 Å². The van der Waals surface area contributed by atoms with Crippen molar-refractivity contribution >= 4 is 24.2 Å². The van der Waals surface area contributed by atoms with Crippen molar-refractivity contribution in [1.82, 2.24) is 10.6 Å².